The first-order valence-corrected chi connectivity index (χ1v) is 8.93. The number of benzene rings is 2. The summed E-state index contributed by atoms with van der Waals surface area (Å²) in [6.07, 6.45) is 4.28. The number of aryl methyl sites for hydroxylation is 1. The van der Waals surface area contributed by atoms with E-state index in [4.69, 9.17) is 10.00 Å². The molecule has 2 amide bonds. The molecular weight excluding hydrogens is 370 g/mol. The molecule has 2 aromatic carbocycles. The van der Waals surface area contributed by atoms with Crippen molar-refractivity contribution in [2.24, 2.45) is 0 Å². The average Bonchev–Trinajstić information content (AvgIpc) is 3.25. The second-order valence-electron chi connectivity index (χ2n) is 6.15. The van der Waals surface area contributed by atoms with Gasteiger partial charge in [0.05, 0.1) is 23.5 Å². The topological polar surface area (TPSA) is 109 Å². The van der Waals surface area contributed by atoms with E-state index in [1.54, 1.807) is 35.1 Å². The van der Waals surface area contributed by atoms with E-state index in [1.165, 1.54) is 0 Å². The molecule has 0 aliphatic rings. The number of nitrogens with zero attached hydrogens (tertiary/aromatic N) is 3. The summed E-state index contributed by atoms with van der Waals surface area (Å²) in [6.45, 7) is -0.254. The van der Waals surface area contributed by atoms with Gasteiger partial charge in [0.25, 0.3) is 5.91 Å². The number of carbonyl (C=O) groups excluding carboxylic acids is 2. The maximum atomic E-state index is 11.9. The standard InChI is InChI=1S/C21H19N5O3/c22-12-16-6-9-19(10-7-16)29-15-21(28)25-24-20(27)11-8-17-13-23-26(14-17)18-4-2-1-3-5-18/h1-7,9-10,13-14H,8,11,15H2,(H,24,27)(H,25,28). The average molecular weight is 389 g/mol. The highest BCUT2D eigenvalue weighted by Crippen LogP contribution is 2.11. The number of para-hydroxylation sites is 1. The van der Waals surface area contributed by atoms with Crippen molar-refractivity contribution in [1.29, 1.82) is 5.26 Å². The molecule has 0 aliphatic carbocycles. The number of rotatable bonds is 7. The second kappa shape index (κ2) is 9.71. The summed E-state index contributed by atoms with van der Waals surface area (Å²) in [6, 6.07) is 18.1. The van der Waals surface area contributed by atoms with Gasteiger partial charge in [-0.25, -0.2) is 4.68 Å². The fourth-order valence-electron chi connectivity index (χ4n) is 2.48. The molecular formula is C21H19N5O3. The normalized spacial score (nSPS) is 10.0. The molecule has 0 bridgehead atoms. The molecule has 0 saturated heterocycles. The number of hydrogen-bond acceptors (Lipinski definition) is 5. The Morgan fingerprint density at radius 3 is 2.48 bits per heavy atom. The highest BCUT2D eigenvalue weighted by molar-refractivity contribution is 5.82. The molecule has 0 radical (unpaired) electrons. The molecule has 0 fully saturated rings. The van der Waals surface area contributed by atoms with E-state index in [0.717, 1.165) is 11.3 Å². The van der Waals surface area contributed by atoms with Crippen molar-refractivity contribution < 1.29 is 14.3 Å². The molecule has 3 rings (SSSR count). The fraction of sp³-hybridized carbons (Fsp3) is 0.143. The first-order chi connectivity index (χ1) is 14.1. The van der Waals surface area contributed by atoms with Crippen molar-refractivity contribution >= 4 is 11.8 Å². The number of amides is 2. The third-order valence-corrected chi connectivity index (χ3v) is 3.99. The number of nitrogens with one attached hydrogen (secondary N) is 2. The molecule has 0 atom stereocenters. The number of ether oxygens (including phenoxy) is 1. The van der Waals surface area contributed by atoms with Crippen LogP contribution in [-0.4, -0.2) is 28.2 Å². The summed E-state index contributed by atoms with van der Waals surface area (Å²) < 4.78 is 7.04. The van der Waals surface area contributed by atoms with Gasteiger partial charge in [-0.2, -0.15) is 10.4 Å². The Morgan fingerprint density at radius 2 is 1.76 bits per heavy atom. The zero-order chi connectivity index (χ0) is 20.5. The molecule has 1 aromatic heterocycles. The van der Waals surface area contributed by atoms with Gasteiger partial charge in [0, 0.05) is 12.6 Å². The largest absolute Gasteiger partial charge is 0.484 e. The quantitative estimate of drug-likeness (QED) is 0.600. The van der Waals surface area contributed by atoms with Gasteiger partial charge >= 0.3 is 0 Å². The van der Waals surface area contributed by atoms with Crippen LogP contribution in [0.3, 0.4) is 0 Å². The minimum atomic E-state index is -0.486. The molecule has 146 valence electrons. The Hall–Kier alpha value is -4.12. The summed E-state index contributed by atoms with van der Waals surface area (Å²) in [5.74, 6) is -0.343. The van der Waals surface area contributed by atoms with Gasteiger partial charge in [-0.3, -0.25) is 20.4 Å². The van der Waals surface area contributed by atoms with Gasteiger partial charge in [0.1, 0.15) is 5.75 Å². The lowest BCUT2D eigenvalue weighted by atomic mass is 10.2. The van der Waals surface area contributed by atoms with E-state index in [-0.39, 0.29) is 18.9 Å². The molecule has 0 spiro atoms. The molecule has 29 heavy (non-hydrogen) atoms. The maximum absolute atomic E-state index is 11.9. The number of hydrazine groups is 1. The zero-order valence-corrected chi connectivity index (χ0v) is 15.5. The van der Waals surface area contributed by atoms with Gasteiger partial charge in [-0.05, 0) is 48.4 Å². The summed E-state index contributed by atoms with van der Waals surface area (Å²) in [4.78, 5) is 23.7. The Balaban J connectivity index is 1.37. The van der Waals surface area contributed by atoms with Crippen molar-refractivity contribution in [3.05, 3.63) is 78.1 Å². The maximum Gasteiger partial charge on any atom is 0.276 e. The van der Waals surface area contributed by atoms with Crippen LogP contribution in [-0.2, 0) is 16.0 Å². The van der Waals surface area contributed by atoms with Crippen molar-refractivity contribution in [3.63, 3.8) is 0 Å². The lowest BCUT2D eigenvalue weighted by Crippen LogP contribution is -2.43. The summed E-state index contributed by atoms with van der Waals surface area (Å²) in [5, 5.41) is 13.0. The first kappa shape index (κ1) is 19.6. The van der Waals surface area contributed by atoms with E-state index in [1.807, 2.05) is 42.6 Å². The monoisotopic (exact) mass is 389 g/mol. The van der Waals surface area contributed by atoms with Gasteiger partial charge in [-0.1, -0.05) is 18.2 Å². The van der Waals surface area contributed by atoms with Crippen LogP contribution in [0.25, 0.3) is 5.69 Å². The number of aromatic nitrogens is 2. The Labute approximate surface area is 167 Å². The summed E-state index contributed by atoms with van der Waals surface area (Å²) in [5.41, 5.74) is 7.02. The highest BCUT2D eigenvalue weighted by Gasteiger charge is 2.08. The van der Waals surface area contributed by atoms with Crippen LogP contribution >= 0.6 is 0 Å². The van der Waals surface area contributed by atoms with E-state index in [2.05, 4.69) is 16.0 Å². The number of hydrogen-bond donors (Lipinski definition) is 2. The molecule has 0 saturated carbocycles. The Bertz CT molecular complexity index is 1010. The van der Waals surface area contributed by atoms with E-state index < -0.39 is 5.91 Å². The second-order valence-corrected chi connectivity index (χ2v) is 6.15. The van der Waals surface area contributed by atoms with Crippen LogP contribution in [0.15, 0.2) is 67.0 Å². The number of nitriles is 1. The summed E-state index contributed by atoms with van der Waals surface area (Å²) >= 11 is 0. The fourth-order valence-corrected chi connectivity index (χ4v) is 2.48. The Morgan fingerprint density at radius 1 is 1.03 bits per heavy atom. The minimum absolute atomic E-state index is 0.206. The third-order valence-electron chi connectivity index (χ3n) is 3.99. The predicted octanol–water partition coefficient (Wildman–Crippen LogP) is 1.90. The smallest absolute Gasteiger partial charge is 0.276 e. The first-order valence-electron chi connectivity index (χ1n) is 8.93. The molecule has 8 heteroatoms. The summed E-state index contributed by atoms with van der Waals surface area (Å²) in [7, 11) is 0. The van der Waals surface area contributed by atoms with Crippen LogP contribution in [0.2, 0.25) is 0 Å². The molecule has 0 unspecified atom stereocenters. The van der Waals surface area contributed by atoms with Crippen LogP contribution in [0.1, 0.15) is 17.5 Å². The Kier molecular flexibility index (Phi) is 6.58. The van der Waals surface area contributed by atoms with Crippen molar-refractivity contribution in [3.8, 4) is 17.5 Å². The lowest BCUT2D eigenvalue weighted by molar-refractivity contribution is -0.130. The van der Waals surface area contributed by atoms with Gasteiger partial charge in [0.2, 0.25) is 5.91 Å². The van der Waals surface area contributed by atoms with Crippen LogP contribution in [0.5, 0.6) is 5.75 Å². The van der Waals surface area contributed by atoms with Crippen molar-refractivity contribution in [2.45, 2.75) is 12.8 Å². The molecule has 2 N–H and O–H groups in total. The van der Waals surface area contributed by atoms with Gasteiger partial charge < -0.3 is 4.74 Å². The minimum Gasteiger partial charge on any atom is -0.484 e. The van der Waals surface area contributed by atoms with Gasteiger partial charge in [-0.15, -0.1) is 0 Å². The van der Waals surface area contributed by atoms with Gasteiger partial charge in [0.15, 0.2) is 6.61 Å². The van der Waals surface area contributed by atoms with E-state index in [0.29, 0.717) is 17.7 Å². The molecule has 8 nitrogen and oxygen atoms in total. The zero-order valence-electron chi connectivity index (χ0n) is 15.5. The van der Waals surface area contributed by atoms with Crippen molar-refractivity contribution in [1.82, 2.24) is 20.6 Å². The van der Waals surface area contributed by atoms with Crippen LogP contribution in [0.4, 0.5) is 0 Å². The molecule has 0 aliphatic heterocycles. The number of carbonyl (C=O) groups is 2. The van der Waals surface area contributed by atoms with E-state index in [9.17, 15) is 9.59 Å². The lowest BCUT2D eigenvalue weighted by Gasteiger charge is -2.08. The SMILES string of the molecule is N#Cc1ccc(OCC(=O)NNC(=O)CCc2cnn(-c3ccccc3)c2)cc1. The molecule has 3 aromatic rings. The highest BCUT2D eigenvalue weighted by atomic mass is 16.5. The predicted molar refractivity (Wildman–Crippen MR) is 105 cm³/mol. The third kappa shape index (κ3) is 5.94. The molecule has 1 heterocycles. The van der Waals surface area contributed by atoms with E-state index >= 15 is 0 Å². The van der Waals surface area contributed by atoms with Crippen LogP contribution < -0.4 is 15.6 Å². The van der Waals surface area contributed by atoms with Crippen LogP contribution in [0, 0.1) is 11.3 Å². The van der Waals surface area contributed by atoms with Crippen molar-refractivity contribution in [2.75, 3.05) is 6.61 Å².